The van der Waals surface area contributed by atoms with Crippen LogP contribution in [0.3, 0.4) is 0 Å². The van der Waals surface area contributed by atoms with Gasteiger partial charge in [0, 0.05) is 30.4 Å². The fraction of sp³-hybridized carbons (Fsp3) is 0.481. The first-order chi connectivity index (χ1) is 16.2. The van der Waals surface area contributed by atoms with E-state index < -0.39 is 4.92 Å². The number of nitrogens with zero attached hydrogens (tertiary/aromatic N) is 3. The average Bonchev–Trinajstić information content (AvgIpc) is 2.79. The average molecular weight is 466 g/mol. The van der Waals surface area contributed by atoms with Gasteiger partial charge < -0.3 is 9.64 Å². The standard InChI is InChI=1S/C27H35N3O4/c1-18(2)23-14-13-19(3)15-25(23)34-26(31)17-29(24-12-7-6-9-20(24)4)27(28-5)21-10-8-11-22(16-21)30(32)33/h6-12,16,18-19,23,25H,13-15,17H2,1-5H3/b28-27+/t19-,23+,25-/m1/s1. The highest BCUT2D eigenvalue weighted by molar-refractivity contribution is 6.12. The van der Waals surface area contributed by atoms with E-state index in [1.807, 2.05) is 31.2 Å². The van der Waals surface area contributed by atoms with Crippen molar-refractivity contribution in [1.29, 1.82) is 0 Å². The van der Waals surface area contributed by atoms with Crippen LogP contribution in [0.25, 0.3) is 0 Å². The lowest BCUT2D eigenvalue weighted by Gasteiger charge is -2.37. The first kappa shape index (κ1) is 25.4. The SMILES string of the molecule is C/N=C(\c1cccc([N+](=O)[O-])c1)N(CC(=O)O[C@@H]1C[C@H](C)CC[C@H]1C(C)C)c1ccccc1C. The Morgan fingerprint density at radius 2 is 1.94 bits per heavy atom. The van der Waals surface area contributed by atoms with E-state index in [4.69, 9.17) is 4.74 Å². The number of non-ortho nitro benzene ring substituents is 1. The largest absolute Gasteiger partial charge is 0.461 e. The molecule has 0 unspecified atom stereocenters. The molecule has 2 aromatic carbocycles. The Bertz CT molecular complexity index is 1050. The number of amidine groups is 1. The van der Waals surface area contributed by atoms with Gasteiger partial charge in [-0.15, -0.1) is 0 Å². The van der Waals surface area contributed by atoms with Crippen LogP contribution in [0.1, 0.15) is 51.2 Å². The zero-order valence-electron chi connectivity index (χ0n) is 20.7. The van der Waals surface area contributed by atoms with Crippen LogP contribution in [-0.2, 0) is 9.53 Å². The minimum absolute atomic E-state index is 0.0260. The van der Waals surface area contributed by atoms with Crippen molar-refractivity contribution in [3.05, 3.63) is 69.8 Å². The van der Waals surface area contributed by atoms with Crippen LogP contribution in [0, 0.1) is 34.8 Å². The van der Waals surface area contributed by atoms with Crippen molar-refractivity contribution in [1.82, 2.24) is 0 Å². The number of hydrogen-bond acceptors (Lipinski definition) is 5. The zero-order valence-corrected chi connectivity index (χ0v) is 20.7. The molecule has 3 atom stereocenters. The molecule has 0 bridgehead atoms. The summed E-state index contributed by atoms with van der Waals surface area (Å²) in [7, 11) is 1.63. The number of carbonyl (C=O) groups excluding carboxylic acids is 1. The summed E-state index contributed by atoms with van der Waals surface area (Å²) in [5, 5.41) is 11.3. The van der Waals surface area contributed by atoms with Crippen molar-refractivity contribution < 1.29 is 14.5 Å². The maximum Gasteiger partial charge on any atom is 0.326 e. The van der Waals surface area contributed by atoms with Gasteiger partial charge in [0.15, 0.2) is 0 Å². The summed E-state index contributed by atoms with van der Waals surface area (Å²) in [5.74, 6) is 1.48. The number of hydrogen-bond donors (Lipinski definition) is 0. The number of anilines is 1. The maximum atomic E-state index is 13.3. The van der Waals surface area contributed by atoms with E-state index in [2.05, 4.69) is 25.8 Å². The highest BCUT2D eigenvalue weighted by Gasteiger charge is 2.34. The molecule has 2 aromatic rings. The Labute approximate surface area is 202 Å². The van der Waals surface area contributed by atoms with Gasteiger partial charge in [-0.1, -0.05) is 57.5 Å². The molecule has 0 saturated heterocycles. The highest BCUT2D eigenvalue weighted by Crippen LogP contribution is 2.35. The Kier molecular flexibility index (Phi) is 8.42. The second kappa shape index (κ2) is 11.3. The fourth-order valence-corrected chi connectivity index (χ4v) is 4.89. The fourth-order valence-electron chi connectivity index (χ4n) is 4.89. The molecule has 1 aliphatic carbocycles. The number of aliphatic imine (C=N–C) groups is 1. The summed E-state index contributed by atoms with van der Waals surface area (Å²) in [6.45, 7) is 8.51. The first-order valence-electron chi connectivity index (χ1n) is 12.0. The number of benzene rings is 2. The zero-order chi connectivity index (χ0) is 24.8. The second-order valence-electron chi connectivity index (χ2n) is 9.58. The molecule has 0 N–H and O–H groups in total. The van der Waals surface area contributed by atoms with E-state index in [9.17, 15) is 14.9 Å². The molecule has 182 valence electrons. The van der Waals surface area contributed by atoms with Gasteiger partial charge in [0.2, 0.25) is 0 Å². The lowest BCUT2D eigenvalue weighted by Crippen LogP contribution is -2.41. The van der Waals surface area contributed by atoms with E-state index in [-0.39, 0.29) is 24.3 Å². The maximum absolute atomic E-state index is 13.3. The molecule has 0 amide bonds. The molecule has 7 nitrogen and oxygen atoms in total. The summed E-state index contributed by atoms with van der Waals surface area (Å²) in [4.78, 5) is 30.4. The lowest BCUT2D eigenvalue weighted by atomic mass is 9.75. The Morgan fingerprint density at radius 1 is 1.21 bits per heavy atom. The van der Waals surface area contributed by atoms with Gasteiger partial charge >= 0.3 is 5.97 Å². The van der Waals surface area contributed by atoms with Gasteiger partial charge in [0.1, 0.15) is 18.5 Å². The normalized spacial score (nSPS) is 20.8. The van der Waals surface area contributed by atoms with Crippen LogP contribution < -0.4 is 4.90 Å². The van der Waals surface area contributed by atoms with Crippen molar-refractivity contribution >= 4 is 23.2 Å². The van der Waals surface area contributed by atoms with Crippen LogP contribution in [-0.4, -0.2) is 36.4 Å². The van der Waals surface area contributed by atoms with Gasteiger partial charge in [0.25, 0.3) is 5.69 Å². The molecule has 1 aliphatic rings. The predicted molar refractivity (Wildman–Crippen MR) is 135 cm³/mol. The third-order valence-electron chi connectivity index (χ3n) is 6.72. The summed E-state index contributed by atoms with van der Waals surface area (Å²) >= 11 is 0. The third-order valence-corrected chi connectivity index (χ3v) is 6.72. The van der Waals surface area contributed by atoms with Crippen LogP contribution >= 0.6 is 0 Å². The second-order valence-corrected chi connectivity index (χ2v) is 9.58. The Morgan fingerprint density at radius 3 is 2.59 bits per heavy atom. The van der Waals surface area contributed by atoms with Gasteiger partial charge in [-0.05, 0) is 49.1 Å². The van der Waals surface area contributed by atoms with Crippen molar-refractivity contribution in [3.8, 4) is 0 Å². The number of carbonyl (C=O) groups is 1. The number of esters is 1. The summed E-state index contributed by atoms with van der Waals surface area (Å²) in [6.07, 6.45) is 2.99. The highest BCUT2D eigenvalue weighted by atomic mass is 16.6. The van der Waals surface area contributed by atoms with E-state index in [1.54, 1.807) is 24.1 Å². The third kappa shape index (κ3) is 6.01. The molecule has 0 heterocycles. The van der Waals surface area contributed by atoms with Crippen LogP contribution in [0.4, 0.5) is 11.4 Å². The van der Waals surface area contributed by atoms with Gasteiger partial charge in [-0.2, -0.15) is 0 Å². The topological polar surface area (TPSA) is 85.0 Å². The van der Waals surface area contributed by atoms with Crippen molar-refractivity contribution in [2.75, 3.05) is 18.5 Å². The van der Waals surface area contributed by atoms with E-state index >= 15 is 0 Å². The molecule has 0 aromatic heterocycles. The molecule has 3 rings (SSSR count). The van der Waals surface area contributed by atoms with Crippen molar-refractivity contribution in [3.63, 3.8) is 0 Å². The van der Waals surface area contributed by atoms with Crippen molar-refractivity contribution in [2.45, 2.75) is 53.1 Å². The summed E-state index contributed by atoms with van der Waals surface area (Å²) in [6, 6.07) is 14.0. The van der Waals surface area contributed by atoms with Gasteiger partial charge in [-0.3, -0.25) is 19.9 Å². The van der Waals surface area contributed by atoms with Crippen LogP contribution in [0.15, 0.2) is 53.5 Å². The minimum Gasteiger partial charge on any atom is -0.461 e. The number of aryl methyl sites for hydroxylation is 1. The predicted octanol–water partition coefficient (Wildman–Crippen LogP) is 5.79. The number of rotatable bonds is 7. The molecule has 7 heteroatoms. The molecular formula is C27H35N3O4. The smallest absolute Gasteiger partial charge is 0.326 e. The van der Waals surface area contributed by atoms with Gasteiger partial charge in [-0.25, -0.2) is 0 Å². The summed E-state index contributed by atoms with van der Waals surface area (Å²) < 4.78 is 6.08. The molecule has 0 spiro atoms. The van der Waals surface area contributed by atoms with Gasteiger partial charge in [0.05, 0.1) is 4.92 Å². The number of ether oxygens (including phenoxy) is 1. The molecular weight excluding hydrogens is 430 g/mol. The number of nitro benzene ring substituents is 1. The number of para-hydroxylation sites is 1. The quantitative estimate of drug-likeness (QED) is 0.170. The monoisotopic (exact) mass is 465 g/mol. The molecule has 34 heavy (non-hydrogen) atoms. The molecule has 0 aliphatic heterocycles. The summed E-state index contributed by atoms with van der Waals surface area (Å²) in [5.41, 5.74) is 2.32. The van der Waals surface area contributed by atoms with Crippen LogP contribution in [0.2, 0.25) is 0 Å². The Hall–Kier alpha value is -3.22. The van der Waals surface area contributed by atoms with E-state index in [1.165, 1.54) is 12.1 Å². The molecule has 0 radical (unpaired) electrons. The van der Waals surface area contributed by atoms with Crippen molar-refractivity contribution in [2.24, 2.45) is 22.7 Å². The lowest BCUT2D eigenvalue weighted by molar-refractivity contribution is -0.384. The first-order valence-corrected chi connectivity index (χ1v) is 12.0. The number of nitro groups is 1. The van der Waals surface area contributed by atoms with Crippen LogP contribution in [0.5, 0.6) is 0 Å². The molecule has 1 fully saturated rings. The van der Waals surface area contributed by atoms with E-state index in [0.717, 1.165) is 30.5 Å². The Balaban J connectivity index is 1.92. The molecule has 1 saturated carbocycles. The van der Waals surface area contributed by atoms with E-state index in [0.29, 0.717) is 29.2 Å². The minimum atomic E-state index is -0.431.